The highest BCUT2D eigenvalue weighted by Gasteiger charge is 2.33. The first kappa shape index (κ1) is 20.8. The molecule has 1 amide bonds. The standard InChI is InChI=1S/C20H35NO2Si/c1-20(2,3)21(19(22)23)18(14-10-11-15-24(4,5)6)16-17-12-8-7-9-13-17/h10,14,17-18H,7-9,12-13,16H2,1-6H3,(H,22,23)/b14-10+/t18-/m1/s1. The maximum atomic E-state index is 11.9. The summed E-state index contributed by atoms with van der Waals surface area (Å²) < 4.78 is 0. The van der Waals surface area contributed by atoms with Gasteiger partial charge in [-0.3, -0.25) is 4.90 Å². The molecule has 0 aliphatic heterocycles. The predicted molar refractivity (Wildman–Crippen MR) is 105 cm³/mol. The Bertz CT molecular complexity index is 496. The van der Waals surface area contributed by atoms with Crippen LogP contribution in [-0.2, 0) is 0 Å². The second-order valence-electron chi connectivity index (χ2n) is 9.01. The normalized spacial score (nSPS) is 18.1. The lowest BCUT2D eigenvalue weighted by atomic mass is 9.83. The monoisotopic (exact) mass is 349 g/mol. The summed E-state index contributed by atoms with van der Waals surface area (Å²) in [7, 11) is -1.40. The zero-order valence-electron chi connectivity index (χ0n) is 16.4. The Morgan fingerprint density at radius 1 is 1.25 bits per heavy atom. The van der Waals surface area contributed by atoms with E-state index < -0.39 is 19.7 Å². The molecular weight excluding hydrogens is 314 g/mol. The lowest BCUT2D eigenvalue weighted by Crippen LogP contribution is -2.51. The summed E-state index contributed by atoms with van der Waals surface area (Å²) in [6.07, 6.45) is 10.3. The third-order valence-corrected chi connectivity index (χ3v) is 5.30. The quantitative estimate of drug-likeness (QED) is 0.534. The first-order chi connectivity index (χ1) is 11.0. The molecule has 1 rings (SSSR count). The lowest BCUT2D eigenvalue weighted by Gasteiger charge is -2.40. The molecule has 136 valence electrons. The number of amides is 1. The Morgan fingerprint density at radius 2 is 1.83 bits per heavy atom. The van der Waals surface area contributed by atoms with Gasteiger partial charge in [0.25, 0.3) is 0 Å². The molecule has 1 atom stereocenters. The maximum Gasteiger partial charge on any atom is 0.408 e. The highest BCUT2D eigenvalue weighted by atomic mass is 28.3. The average Bonchev–Trinajstić information content (AvgIpc) is 2.41. The fraction of sp³-hybridized carbons (Fsp3) is 0.750. The second kappa shape index (κ2) is 8.76. The number of allylic oxidation sites excluding steroid dienone is 1. The van der Waals surface area contributed by atoms with Crippen molar-refractivity contribution in [1.82, 2.24) is 4.90 Å². The molecule has 0 aromatic carbocycles. The van der Waals surface area contributed by atoms with Crippen LogP contribution in [0.25, 0.3) is 0 Å². The van der Waals surface area contributed by atoms with Crippen LogP contribution in [0.5, 0.6) is 0 Å². The van der Waals surface area contributed by atoms with Crippen LogP contribution >= 0.6 is 0 Å². The number of hydrogen-bond donors (Lipinski definition) is 1. The van der Waals surface area contributed by atoms with Gasteiger partial charge in [0.15, 0.2) is 0 Å². The molecule has 1 fully saturated rings. The van der Waals surface area contributed by atoms with E-state index >= 15 is 0 Å². The Morgan fingerprint density at radius 3 is 2.29 bits per heavy atom. The molecule has 0 aromatic heterocycles. The molecule has 0 aromatic rings. The molecule has 24 heavy (non-hydrogen) atoms. The smallest absolute Gasteiger partial charge is 0.408 e. The summed E-state index contributed by atoms with van der Waals surface area (Å²) in [6.45, 7) is 12.5. The zero-order valence-corrected chi connectivity index (χ0v) is 17.4. The number of rotatable bonds is 4. The first-order valence-electron chi connectivity index (χ1n) is 9.22. The van der Waals surface area contributed by atoms with Gasteiger partial charge in [0, 0.05) is 5.54 Å². The summed E-state index contributed by atoms with van der Waals surface area (Å²) in [4.78, 5) is 13.5. The van der Waals surface area contributed by atoms with Crippen molar-refractivity contribution >= 4 is 14.2 Å². The highest BCUT2D eigenvalue weighted by molar-refractivity contribution is 6.83. The number of carbonyl (C=O) groups is 1. The maximum absolute atomic E-state index is 11.9. The molecule has 0 bridgehead atoms. The molecular formula is C20H35NO2Si. The summed E-state index contributed by atoms with van der Waals surface area (Å²) in [5, 5.41) is 9.76. The molecule has 0 unspecified atom stereocenters. The van der Waals surface area contributed by atoms with E-state index in [2.05, 4.69) is 31.1 Å². The molecule has 0 heterocycles. The van der Waals surface area contributed by atoms with Crippen LogP contribution in [0.4, 0.5) is 4.79 Å². The van der Waals surface area contributed by atoms with Crippen molar-refractivity contribution in [3.63, 3.8) is 0 Å². The summed E-state index contributed by atoms with van der Waals surface area (Å²) >= 11 is 0. The van der Waals surface area contributed by atoms with Gasteiger partial charge in [-0.25, -0.2) is 4.79 Å². The number of hydrogen-bond acceptors (Lipinski definition) is 1. The van der Waals surface area contributed by atoms with Crippen LogP contribution in [0.2, 0.25) is 19.6 Å². The van der Waals surface area contributed by atoms with Gasteiger partial charge >= 0.3 is 6.09 Å². The predicted octanol–water partition coefficient (Wildman–Crippen LogP) is 5.54. The Hall–Kier alpha value is -1.21. The third kappa shape index (κ3) is 7.57. The minimum absolute atomic E-state index is 0.0958. The van der Waals surface area contributed by atoms with Crippen LogP contribution in [0.3, 0.4) is 0 Å². The second-order valence-corrected chi connectivity index (χ2v) is 13.8. The van der Waals surface area contributed by atoms with E-state index in [-0.39, 0.29) is 6.04 Å². The Labute approximate surface area is 149 Å². The molecule has 0 spiro atoms. The van der Waals surface area contributed by atoms with E-state index in [0.29, 0.717) is 5.92 Å². The fourth-order valence-corrected chi connectivity index (χ4v) is 3.89. The van der Waals surface area contributed by atoms with Crippen molar-refractivity contribution in [3.05, 3.63) is 12.2 Å². The Balaban J connectivity index is 2.97. The fourth-order valence-electron chi connectivity index (χ4n) is 3.38. The molecule has 1 aliphatic carbocycles. The number of nitrogens with zero attached hydrogens (tertiary/aromatic N) is 1. The first-order valence-corrected chi connectivity index (χ1v) is 12.7. The van der Waals surface area contributed by atoms with Gasteiger partial charge < -0.3 is 5.11 Å². The summed E-state index contributed by atoms with van der Waals surface area (Å²) in [5.74, 6) is 3.78. The number of carboxylic acid groups (broad SMARTS) is 1. The Kier molecular flexibility index (Phi) is 7.60. The van der Waals surface area contributed by atoms with Crippen molar-refractivity contribution in [2.75, 3.05) is 0 Å². The largest absolute Gasteiger partial charge is 0.465 e. The molecule has 1 aliphatic rings. The van der Waals surface area contributed by atoms with Gasteiger partial charge in [-0.15, -0.1) is 5.54 Å². The topological polar surface area (TPSA) is 40.5 Å². The van der Waals surface area contributed by atoms with Crippen molar-refractivity contribution in [2.45, 2.75) is 90.5 Å². The van der Waals surface area contributed by atoms with Gasteiger partial charge in [0.2, 0.25) is 0 Å². The van der Waals surface area contributed by atoms with E-state index in [1.54, 1.807) is 4.90 Å². The highest BCUT2D eigenvalue weighted by Crippen LogP contribution is 2.31. The van der Waals surface area contributed by atoms with Gasteiger partial charge in [-0.2, -0.15) is 0 Å². The van der Waals surface area contributed by atoms with Gasteiger partial charge in [-0.1, -0.05) is 63.7 Å². The molecule has 0 radical (unpaired) electrons. The zero-order chi connectivity index (χ0) is 18.4. The molecule has 1 saturated carbocycles. The van der Waals surface area contributed by atoms with Crippen LogP contribution in [0, 0.1) is 17.4 Å². The van der Waals surface area contributed by atoms with E-state index in [1.807, 2.05) is 32.9 Å². The van der Waals surface area contributed by atoms with E-state index in [4.69, 9.17) is 0 Å². The van der Waals surface area contributed by atoms with E-state index in [1.165, 1.54) is 32.1 Å². The summed E-state index contributed by atoms with van der Waals surface area (Å²) in [6, 6.07) is -0.0958. The van der Waals surface area contributed by atoms with Crippen LogP contribution in [0.1, 0.15) is 59.3 Å². The van der Waals surface area contributed by atoms with Crippen molar-refractivity contribution in [3.8, 4) is 11.5 Å². The van der Waals surface area contributed by atoms with E-state index in [0.717, 1.165) is 6.42 Å². The van der Waals surface area contributed by atoms with Gasteiger partial charge in [-0.05, 0) is 39.2 Å². The molecule has 4 heteroatoms. The molecule has 0 saturated heterocycles. The third-order valence-electron chi connectivity index (χ3n) is 4.41. The minimum atomic E-state index is -1.40. The molecule has 3 nitrogen and oxygen atoms in total. The van der Waals surface area contributed by atoms with Crippen LogP contribution in [0.15, 0.2) is 12.2 Å². The van der Waals surface area contributed by atoms with E-state index in [9.17, 15) is 9.90 Å². The van der Waals surface area contributed by atoms with Crippen molar-refractivity contribution in [1.29, 1.82) is 0 Å². The van der Waals surface area contributed by atoms with Crippen molar-refractivity contribution < 1.29 is 9.90 Å². The average molecular weight is 350 g/mol. The minimum Gasteiger partial charge on any atom is -0.465 e. The van der Waals surface area contributed by atoms with Crippen LogP contribution in [-0.4, -0.2) is 35.8 Å². The SMILES string of the molecule is CC(C)(C)N(C(=O)O)[C@H](/C=C/C#C[Si](C)(C)C)CC1CCCCC1. The van der Waals surface area contributed by atoms with Crippen LogP contribution < -0.4 is 0 Å². The summed E-state index contributed by atoms with van der Waals surface area (Å²) in [5.41, 5.74) is 2.91. The van der Waals surface area contributed by atoms with Gasteiger partial charge in [0.1, 0.15) is 8.07 Å². The van der Waals surface area contributed by atoms with Crippen molar-refractivity contribution in [2.24, 2.45) is 5.92 Å². The van der Waals surface area contributed by atoms with Gasteiger partial charge in [0.05, 0.1) is 6.04 Å². The lowest BCUT2D eigenvalue weighted by molar-refractivity contribution is 0.0735. The molecule has 1 N–H and O–H groups in total.